The average Bonchev–Trinajstić information content (AvgIpc) is 2.26. The summed E-state index contributed by atoms with van der Waals surface area (Å²) in [7, 11) is 1.10. The number of benzene rings is 1. The molecule has 0 aliphatic carbocycles. The van der Waals surface area contributed by atoms with Crippen LogP contribution in [0.25, 0.3) is 0 Å². The molecule has 0 atom stereocenters. The second-order valence-corrected chi connectivity index (χ2v) is 4.62. The van der Waals surface area contributed by atoms with Gasteiger partial charge in [-0.2, -0.15) is 13.2 Å². The van der Waals surface area contributed by atoms with Gasteiger partial charge in [-0.3, -0.25) is 4.79 Å². The van der Waals surface area contributed by atoms with E-state index in [1.807, 2.05) is 0 Å². The third-order valence-electron chi connectivity index (χ3n) is 2.28. The van der Waals surface area contributed by atoms with Gasteiger partial charge in [0.15, 0.2) is 0 Å². The Morgan fingerprint density at radius 2 is 1.95 bits per heavy atom. The Kier molecular flexibility index (Phi) is 4.89. The lowest BCUT2D eigenvalue weighted by molar-refractivity contribution is -0.137. The maximum absolute atomic E-state index is 12.5. The van der Waals surface area contributed by atoms with Crippen molar-refractivity contribution in [3.05, 3.63) is 33.8 Å². The third-order valence-corrected chi connectivity index (χ3v) is 2.97. The van der Waals surface area contributed by atoms with Crippen molar-refractivity contribution in [1.29, 1.82) is 0 Å². The van der Waals surface area contributed by atoms with Gasteiger partial charge in [-0.15, -0.1) is 0 Å². The van der Waals surface area contributed by atoms with Crippen LogP contribution in [0, 0.1) is 0 Å². The van der Waals surface area contributed by atoms with Crippen LogP contribution < -0.4 is 0 Å². The van der Waals surface area contributed by atoms with Gasteiger partial charge in [0.2, 0.25) is 0 Å². The van der Waals surface area contributed by atoms with Crippen LogP contribution in [0.5, 0.6) is 0 Å². The van der Waals surface area contributed by atoms with Crippen molar-refractivity contribution in [2.75, 3.05) is 13.6 Å². The number of hydrogen-bond acceptors (Lipinski definition) is 1. The van der Waals surface area contributed by atoms with Crippen LogP contribution in [0.2, 0.25) is 0 Å². The van der Waals surface area contributed by atoms with Crippen LogP contribution in [0.3, 0.4) is 0 Å². The number of nitrogens with zero attached hydrogens (tertiary/aromatic N) is 1. The summed E-state index contributed by atoms with van der Waals surface area (Å²) in [5.41, 5.74) is -1.32. The normalized spacial score (nSPS) is 11.8. The smallest absolute Gasteiger partial charge is 0.336 e. The van der Waals surface area contributed by atoms with E-state index in [2.05, 4.69) is 15.9 Å². The second kappa shape index (κ2) is 5.85. The molecule has 2 nitrogen and oxygen atoms in total. The van der Waals surface area contributed by atoms with E-state index < -0.39 is 30.6 Å². The molecule has 106 valence electrons. The Balaban J connectivity index is 3.09. The summed E-state index contributed by atoms with van der Waals surface area (Å²) in [6.45, 7) is -0.846. The lowest BCUT2D eigenvalue weighted by atomic mass is 10.1. The average molecular weight is 346 g/mol. The van der Waals surface area contributed by atoms with Crippen molar-refractivity contribution in [2.24, 2.45) is 0 Å². The van der Waals surface area contributed by atoms with Gasteiger partial charge in [0.05, 0.1) is 17.7 Å². The highest BCUT2D eigenvalue weighted by molar-refractivity contribution is 9.10. The van der Waals surface area contributed by atoms with E-state index in [1.165, 1.54) is 0 Å². The first-order valence-electron chi connectivity index (χ1n) is 5.03. The van der Waals surface area contributed by atoms with Crippen LogP contribution >= 0.6 is 15.9 Å². The second-order valence-electron chi connectivity index (χ2n) is 3.77. The van der Waals surface area contributed by atoms with E-state index >= 15 is 0 Å². The maximum Gasteiger partial charge on any atom is 0.416 e. The van der Waals surface area contributed by atoms with Crippen LogP contribution in [0.15, 0.2) is 22.7 Å². The van der Waals surface area contributed by atoms with E-state index in [9.17, 15) is 26.7 Å². The van der Waals surface area contributed by atoms with Gasteiger partial charge in [0.1, 0.15) is 0 Å². The fourth-order valence-corrected chi connectivity index (χ4v) is 1.78. The molecule has 0 aromatic heterocycles. The number of alkyl halides is 5. The summed E-state index contributed by atoms with van der Waals surface area (Å²) in [6, 6.07) is 2.49. The first-order chi connectivity index (χ1) is 8.62. The van der Waals surface area contributed by atoms with Gasteiger partial charge < -0.3 is 4.90 Å². The Labute approximate surface area is 114 Å². The zero-order valence-corrected chi connectivity index (χ0v) is 11.2. The highest BCUT2D eigenvalue weighted by atomic mass is 79.9. The molecule has 1 aromatic rings. The molecule has 0 saturated heterocycles. The summed E-state index contributed by atoms with van der Waals surface area (Å²) < 4.78 is 61.9. The quantitative estimate of drug-likeness (QED) is 0.763. The summed E-state index contributed by atoms with van der Waals surface area (Å²) in [5.74, 6) is -0.904. The molecule has 1 rings (SSSR count). The molecule has 0 aliphatic heterocycles. The zero-order chi connectivity index (χ0) is 14.8. The van der Waals surface area contributed by atoms with E-state index in [4.69, 9.17) is 0 Å². The van der Waals surface area contributed by atoms with Crippen molar-refractivity contribution < 1.29 is 26.7 Å². The van der Waals surface area contributed by atoms with Gasteiger partial charge in [0, 0.05) is 11.5 Å². The monoisotopic (exact) mass is 345 g/mol. The van der Waals surface area contributed by atoms with Gasteiger partial charge >= 0.3 is 6.18 Å². The van der Waals surface area contributed by atoms with E-state index in [0.717, 1.165) is 19.2 Å². The standard InChI is InChI=1S/C11H9BrF5NO/c1-18(5-9(13)14)10(19)7-4-6(11(15,16)17)2-3-8(7)12/h2-4,9H,5H2,1H3. The van der Waals surface area contributed by atoms with Crippen molar-refractivity contribution in [3.8, 4) is 0 Å². The Morgan fingerprint density at radius 1 is 1.37 bits per heavy atom. The molecule has 0 N–H and O–H groups in total. The molecule has 0 heterocycles. The minimum atomic E-state index is -4.60. The lowest BCUT2D eigenvalue weighted by Gasteiger charge is -2.18. The molecule has 1 aromatic carbocycles. The third kappa shape index (κ3) is 4.15. The Bertz CT molecular complexity index is 475. The fourth-order valence-electron chi connectivity index (χ4n) is 1.36. The van der Waals surface area contributed by atoms with E-state index in [0.29, 0.717) is 11.0 Å². The van der Waals surface area contributed by atoms with Crippen LogP contribution in [0.1, 0.15) is 15.9 Å². The number of hydrogen-bond donors (Lipinski definition) is 0. The highest BCUT2D eigenvalue weighted by Gasteiger charge is 2.32. The van der Waals surface area contributed by atoms with Crippen LogP contribution in [-0.2, 0) is 6.18 Å². The molecule has 1 amide bonds. The molecule has 0 fully saturated rings. The van der Waals surface area contributed by atoms with Gasteiger partial charge in [-0.05, 0) is 34.1 Å². The first kappa shape index (κ1) is 15.9. The minimum absolute atomic E-state index is 0.117. The molecule has 0 spiro atoms. The summed E-state index contributed by atoms with van der Waals surface area (Å²) >= 11 is 2.93. The van der Waals surface area contributed by atoms with Gasteiger partial charge in [-0.25, -0.2) is 8.78 Å². The van der Waals surface area contributed by atoms with Crippen molar-refractivity contribution in [3.63, 3.8) is 0 Å². The molecule has 19 heavy (non-hydrogen) atoms. The van der Waals surface area contributed by atoms with Gasteiger partial charge in [-0.1, -0.05) is 0 Å². The first-order valence-corrected chi connectivity index (χ1v) is 5.82. The summed E-state index contributed by atoms with van der Waals surface area (Å²) in [6.07, 6.45) is -7.35. The molecule has 8 heteroatoms. The summed E-state index contributed by atoms with van der Waals surface area (Å²) in [4.78, 5) is 12.4. The molecule has 0 saturated carbocycles. The molecule has 0 bridgehead atoms. The number of rotatable bonds is 3. The van der Waals surface area contributed by atoms with Crippen LogP contribution in [-0.4, -0.2) is 30.8 Å². The fraction of sp³-hybridized carbons (Fsp3) is 0.364. The number of amides is 1. The predicted molar refractivity (Wildman–Crippen MR) is 62.1 cm³/mol. The minimum Gasteiger partial charge on any atom is -0.336 e. The summed E-state index contributed by atoms with van der Waals surface area (Å²) in [5, 5.41) is 0. The molecule has 0 unspecified atom stereocenters. The SMILES string of the molecule is CN(CC(F)F)C(=O)c1cc(C(F)(F)F)ccc1Br. The maximum atomic E-state index is 12.5. The predicted octanol–water partition coefficient (Wildman–Crippen LogP) is 3.81. The van der Waals surface area contributed by atoms with Crippen molar-refractivity contribution >= 4 is 21.8 Å². The van der Waals surface area contributed by atoms with Crippen molar-refractivity contribution in [2.45, 2.75) is 12.6 Å². The Morgan fingerprint density at radius 3 is 2.42 bits per heavy atom. The molecule has 0 aliphatic rings. The number of halogens is 6. The van der Waals surface area contributed by atoms with E-state index in [-0.39, 0.29) is 10.0 Å². The lowest BCUT2D eigenvalue weighted by Crippen LogP contribution is -2.31. The van der Waals surface area contributed by atoms with Gasteiger partial charge in [0.25, 0.3) is 12.3 Å². The highest BCUT2D eigenvalue weighted by Crippen LogP contribution is 2.32. The Hall–Kier alpha value is -1.18. The molecule has 0 radical (unpaired) electrons. The number of carbonyl (C=O) groups is 1. The number of carbonyl (C=O) groups excluding carboxylic acids is 1. The van der Waals surface area contributed by atoms with Crippen molar-refractivity contribution in [1.82, 2.24) is 4.90 Å². The largest absolute Gasteiger partial charge is 0.416 e. The topological polar surface area (TPSA) is 20.3 Å². The molecular weight excluding hydrogens is 337 g/mol. The zero-order valence-electron chi connectivity index (χ0n) is 9.64. The molecular formula is C11H9BrF5NO. The van der Waals surface area contributed by atoms with E-state index in [1.54, 1.807) is 0 Å². The van der Waals surface area contributed by atoms with Crippen LogP contribution in [0.4, 0.5) is 22.0 Å².